The minimum absolute atomic E-state index is 0.142. The van der Waals surface area contributed by atoms with E-state index in [0.29, 0.717) is 34.6 Å². The lowest BCUT2D eigenvalue weighted by atomic mass is 10.2. The van der Waals surface area contributed by atoms with Crippen LogP contribution < -0.4 is 18.9 Å². The van der Waals surface area contributed by atoms with Gasteiger partial charge >= 0.3 is 6.18 Å². The summed E-state index contributed by atoms with van der Waals surface area (Å²) in [7, 11) is -1.14. The lowest BCUT2D eigenvalue weighted by Gasteiger charge is -2.11. The number of ether oxygens (including phenoxy) is 3. The molecule has 0 aliphatic carbocycles. The van der Waals surface area contributed by atoms with Crippen LogP contribution >= 0.6 is 0 Å². The molecule has 10 nitrogen and oxygen atoms in total. The van der Waals surface area contributed by atoms with Crippen LogP contribution in [0.15, 0.2) is 59.5 Å². The highest BCUT2D eigenvalue weighted by Crippen LogP contribution is 2.33. The van der Waals surface area contributed by atoms with Gasteiger partial charge in [-0.05, 0) is 42.5 Å². The highest BCUT2D eigenvalue weighted by atomic mass is 32.2. The Bertz CT molecular complexity index is 1490. The Morgan fingerprint density at radius 1 is 1.00 bits per heavy atom. The van der Waals surface area contributed by atoms with Gasteiger partial charge in [-0.2, -0.15) is 17.7 Å². The number of fused-ring (bicyclic) bond motifs is 1. The molecule has 0 fully saturated rings. The van der Waals surface area contributed by atoms with Crippen molar-refractivity contribution >= 4 is 15.7 Å². The van der Waals surface area contributed by atoms with E-state index in [-0.39, 0.29) is 19.0 Å². The Hall–Kier alpha value is -3.91. The Morgan fingerprint density at radius 3 is 2.53 bits per heavy atom. The first-order chi connectivity index (χ1) is 17.1. The number of aromatic nitrogens is 4. The van der Waals surface area contributed by atoms with E-state index < -0.39 is 26.7 Å². The molecule has 0 atom stereocenters. The van der Waals surface area contributed by atoms with E-state index in [2.05, 4.69) is 20.0 Å². The minimum atomic E-state index is -4.66. The fourth-order valence-corrected chi connectivity index (χ4v) is 4.32. The molecule has 0 radical (unpaired) electrons. The van der Waals surface area contributed by atoms with Gasteiger partial charge in [0, 0.05) is 12.6 Å². The van der Waals surface area contributed by atoms with Gasteiger partial charge in [0.05, 0.1) is 30.2 Å². The van der Waals surface area contributed by atoms with Gasteiger partial charge in [-0.3, -0.25) is 0 Å². The molecular formula is C22H20F3N5O5S. The quantitative estimate of drug-likeness (QED) is 0.333. The molecule has 0 bridgehead atoms. The van der Waals surface area contributed by atoms with Crippen molar-refractivity contribution in [2.75, 3.05) is 27.4 Å². The summed E-state index contributed by atoms with van der Waals surface area (Å²) >= 11 is 0. The van der Waals surface area contributed by atoms with Crippen LogP contribution in [0.1, 0.15) is 5.56 Å². The van der Waals surface area contributed by atoms with Crippen LogP contribution in [0.5, 0.6) is 17.4 Å². The summed E-state index contributed by atoms with van der Waals surface area (Å²) in [6.07, 6.45) is -4.66. The summed E-state index contributed by atoms with van der Waals surface area (Å²) < 4.78 is 83.3. The number of nitrogens with zero attached hydrogens (tertiary/aromatic N) is 4. The summed E-state index contributed by atoms with van der Waals surface area (Å²) in [4.78, 5) is -0.502. The molecule has 0 saturated carbocycles. The number of hydrogen-bond acceptors (Lipinski definition) is 8. The molecule has 0 amide bonds. The Kier molecular flexibility index (Phi) is 6.99. The molecule has 36 heavy (non-hydrogen) atoms. The van der Waals surface area contributed by atoms with E-state index in [0.717, 1.165) is 18.2 Å². The number of rotatable bonds is 9. The second kappa shape index (κ2) is 9.99. The number of halogens is 3. The molecule has 14 heteroatoms. The summed E-state index contributed by atoms with van der Waals surface area (Å²) in [5.74, 6) is 1.59. The lowest BCUT2D eigenvalue weighted by molar-refractivity contribution is -0.137. The van der Waals surface area contributed by atoms with Crippen LogP contribution in [-0.4, -0.2) is 55.6 Å². The smallest absolute Gasteiger partial charge is 0.416 e. The van der Waals surface area contributed by atoms with Crippen LogP contribution in [0.2, 0.25) is 0 Å². The van der Waals surface area contributed by atoms with Crippen LogP contribution in [0.25, 0.3) is 17.0 Å². The summed E-state index contributed by atoms with van der Waals surface area (Å²) in [5, 5.41) is 12.6. The molecule has 2 heterocycles. The van der Waals surface area contributed by atoms with E-state index in [9.17, 15) is 21.6 Å². The van der Waals surface area contributed by atoms with E-state index >= 15 is 0 Å². The van der Waals surface area contributed by atoms with Crippen molar-refractivity contribution < 1.29 is 35.8 Å². The van der Waals surface area contributed by atoms with Gasteiger partial charge in [-0.15, -0.1) is 15.3 Å². The molecular weight excluding hydrogens is 503 g/mol. The monoisotopic (exact) mass is 523 g/mol. The molecule has 0 aliphatic heterocycles. The largest absolute Gasteiger partial charge is 0.497 e. The van der Waals surface area contributed by atoms with E-state index in [4.69, 9.17) is 14.2 Å². The predicted molar refractivity (Wildman–Crippen MR) is 121 cm³/mol. The Morgan fingerprint density at radius 2 is 1.81 bits per heavy atom. The summed E-state index contributed by atoms with van der Waals surface area (Å²) in [5.41, 5.74) is -0.0631. The molecule has 0 aliphatic rings. The first-order valence-electron chi connectivity index (χ1n) is 10.4. The van der Waals surface area contributed by atoms with Crippen LogP contribution in [-0.2, 0) is 16.2 Å². The number of nitrogens with one attached hydrogen (secondary N) is 1. The summed E-state index contributed by atoms with van der Waals surface area (Å²) in [6, 6.07) is 11.8. The zero-order valence-electron chi connectivity index (χ0n) is 19.0. The molecule has 2 aromatic carbocycles. The van der Waals surface area contributed by atoms with E-state index in [1.807, 2.05) is 0 Å². The number of sulfonamides is 1. The molecule has 0 unspecified atom stereocenters. The number of hydrogen-bond donors (Lipinski definition) is 1. The SMILES string of the molecule is COc1ccc(OC)c(-c2nnc3ccc(OCCNS(=O)(=O)c4cccc(C(F)(F)F)c4)nn23)c1. The fraction of sp³-hybridized carbons (Fsp3) is 0.227. The highest BCUT2D eigenvalue weighted by molar-refractivity contribution is 7.89. The van der Waals surface area contributed by atoms with Crippen LogP contribution in [0.4, 0.5) is 13.2 Å². The van der Waals surface area contributed by atoms with E-state index in [1.54, 1.807) is 24.3 Å². The van der Waals surface area contributed by atoms with Crippen LogP contribution in [0, 0.1) is 0 Å². The standard InChI is InChI=1S/C22H20F3N5O5S/c1-33-15-6-7-18(34-2)17(13-15)21-28-27-19-8-9-20(29-30(19)21)35-11-10-26-36(31,32)16-5-3-4-14(12-16)22(23,24)25/h3-9,12-13,26H,10-11H2,1-2H3. The molecule has 4 aromatic rings. The molecule has 0 saturated heterocycles. The zero-order chi connectivity index (χ0) is 25.9. The van der Waals surface area contributed by atoms with E-state index in [1.165, 1.54) is 24.8 Å². The van der Waals surface area contributed by atoms with Gasteiger partial charge in [0.1, 0.15) is 18.1 Å². The second-order valence-corrected chi connectivity index (χ2v) is 9.07. The number of alkyl halides is 3. The second-order valence-electron chi connectivity index (χ2n) is 7.30. The van der Waals surface area contributed by atoms with Crippen molar-refractivity contribution in [3.63, 3.8) is 0 Å². The molecule has 2 aromatic heterocycles. The maximum Gasteiger partial charge on any atom is 0.416 e. The third kappa shape index (κ3) is 5.33. The lowest BCUT2D eigenvalue weighted by Crippen LogP contribution is -2.28. The first kappa shape index (κ1) is 25.2. The van der Waals surface area contributed by atoms with Crippen LogP contribution in [0.3, 0.4) is 0 Å². The Balaban J connectivity index is 1.47. The van der Waals surface area contributed by atoms with Gasteiger partial charge < -0.3 is 14.2 Å². The third-order valence-corrected chi connectivity index (χ3v) is 6.46. The van der Waals surface area contributed by atoms with Crippen molar-refractivity contribution in [2.24, 2.45) is 0 Å². The van der Waals surface area contributed by atoms with Gasteiger partial charge in [0.2, 0.25) is 15.9 Å². The average Bonchev–Trinajstić information content (AvgIpc) is 3.29. The van der Waals surface area contributed by atoms with Crippen molar-refractivity contribution in [3.05, 3.63) is 60.2 Å². The number of benzene rings is 2. The molecule has 190 valence electrons. The fourth-order valence-electron chi connectivity index (χ4n) is 3.26. The molecule has 4 rings (SSSR count). The van der Waals surface area contributed by atoms with Crippen molar-refractivity contribution in [3.8, 4) is 28.8 Å². The normalized spacial score (nSPS) is 12.0. The Labute approximate surface area is 203 Å². The van der Waals surface area contributed by atoms with Gasteiger partial charge in [0.15, 0.2) is 11.5 Å². The minimum Gasteiger partial charge on any atom is -0.497 e. The van der Waals surface area contributed by atoms with Crippen molar-refractivity contribution in [1.82, 2.24) is 24.5 Å². The van der Waals surface area contributed by atoms with Gasteiger partial charge in [-0.1, -0.05) is 6.07 Å². The van der Waals surface area contributed by atoms with Gasteiger partial charge in [0.25, 0.3) is 0 Å². The van der Waals surface area contributed by atoms with Crippen molar-refractivity contribution in [1.29, 1.82) is 0 Å². The number of methoxy groups -OCH3 is 2. The third-order valence-electron chi connectivity index (χ3n) is 5.00. The maximum absolute atomic E-state index is 12.9. The van der Waals surface area contributed by atoms with Crippen molar-refractivity contribution in [2.45, 2.75) is 11.1 Å². The molecule has 0 spiro atoms. The van der Waals surface area contributed by atoms with Gasteiger partial charge in [-0.25, -0.2) is 13.1 Å². The maximum atomic E-state index is 12.9. The topological polar surface area (TPSA) is 117 Å². The average molecular weight is 523 g/mol. The molecule has 1 N–H and O–H groups in total. The highest BCUT2D eigenvalue weighted by Gasteiger charge is 2.31. The predicted octanol–water partition coefficient (Wildman–Crippen LogP) is 3.18. The summed E-state index contributed by atoms with van der Waals surface area (Å²) in [6.45, 7) is -0.353. The first-order valence-corrected chi connectivity index (χ1v) is 11.9. The zero-order valence-corrected chi connectivity index (χ0v) is 19.8.